The van der Waals surface area contributed by atoms with E-state index in [4.69, 9.17) is 4.42 Å². The molecule has 3 heterocycles. The Morgan fingerprint density at radius 1 is 1.54 bits per heavy atom. The van der Waals surface area contributed by atoms with E-state index in [1.807, 2.05) is 0 Å². The van der Waals surface area contributed by atoms with Gasteiger partial charge in [-0.15, -0.1) is 11.3 Å². The number of carbonyl (C=O) groups is 1. The highest BCUT2D eigenvalue weighted by Crippen LogP contribution is 2.29. The van der Waals surface area contributed by atoms with E-state index in [0.717, 1.165) is 10.6 Å². The molecule has 0 radical (unpaired) electrons. The summed E-state index contributed by atoms with van der Waals surface area (Å²) in [6.07, 6.45) is 5.03. The molecule has 0 bridgehead atoms. The van der Waals surface area contributed by atoms with Gasteiger partial charge in [-0.1, -0.05) is 0 Å². The van der Waals surface area contributed by atoms with E-state index in [0.29, 0.717) is 30.4 Å². The number of anilines is 1. The van der Waals surface area contributed by atoms with E-state index < -0.39 is 10.0 Å². The number of hydrogen-bond acceptors (Lipinski definition) is 6. The predicted molar refractivity (Wildman–Crippen MR) is 92.1 cm³/mol. The van der Waals surface area contributed by atoms with Gasteiger partial charge in [-0.05, 0) is 25.1 Å². The number of rotatable bonds is 5. The third-order valence-electron chi connectivity index (χ3n) is 3.63. The highest BCUT2D eigenvalue weighted by Gasteiger charge is 2.27. The van der Waals surface area contributed by atoms with Crippen LogP contribution in [-0.2, 0) is 27.8 Å². The lowest BCUT2D eigenvalue weighted by molar-refractivity contribution is -0.111. The number of hydrogen-bond donors (Lipinski definition) is 1. The average Bonchev–Trinajstić information content (AvgIpc) is 3.21. The minimum Gasteiger partial charge on any atom is -0.465 e. The van der Waals surface area contributed by atoms with E-state index in [1.165, 1.54) is 28.0 Å². The van der Waals surface area contributed by atoms with Gasteiger partial charge in [0.1, 0.15) is 5.76 Å². The predicted octanol–water partition coefficient (Wildman–Crippen LogP) is 2.10. The fraction of sp³-hybridized carbons (Fsp3) is 0.333. The maximum absolute atomic E-state index is 12.0. The van der Waals surface area contributed by atoms with Gasteiger partial charge in [0.15, 0.2) is 5.13 Å². The highest BCUT2D eigenvalue weighted by atomic mass is 32.2. The Labute approximate surface area is 144 Å². The molecule has 24 heavy (non-hydrogen) atoms. The molecule has 0 saturated heterocycles. The zero-order valence-corrected chi connectivity index (χ0v) is 14.7. The monoisotopic (exact) mass is 367 g/mol. The topological polar surface area (TPSA) is 92.5 Å². The van der Waals surface area contributed by atoms with Crippen LogP contribution in [0, 0.1) is 0 Å². The van der Waals surface area contributed by atoms with Crippen LogP contribution in [0.3, 0.4) is 0 Å². The maximum Gasteiger partial charge on any atom is 0.250 e. The number of furan rings is 1. The molecule has 2 aromatic heterocycles. The second kappa shape index (κ2) is 6.88. The van der Waals surface area contributed by atoms with Crippen LogP contribution >= 0.6 is 11.3 Å². The lowest BCUT2D eigenvalue weighted by Gasteiger charge is -2.24. The van der Waals surface area contributed by atoms with Crippen molar-refractivity contribution in [3.8, 4) is 0 Å². The molecule has 0 aliphatic carbocycles. The smallest absolute Gasteiger partial charge is 0.250 e. The van der Waals surface area contributed by atoms with Gasteiger partial charge in [0.05, 0.1) is 17.7 Å². The Kier molecular flexibility index (Phi) is 4.83. The number of fused-ring (bicyclic) bond motifs is 1. The van der Waals surface area contributed by atoms with Gasteiger partial charge in [-0.3, -0.25) is 10.1 Å². The van der Waals surface area contributed by atoms with Crippen molar-refractivity contribution in [2.75, 3.05) is 17.6 Å². The van der Waals surface area contributed by atoms with Crippen molar-refractivity contribution in [3.05, 3.63) is 40.8 Å². The minimum absolute atomic E-state index is 0.0856. The fourth-order valence-electron chi connectivity index (χ4n) is 2.34. The SMILES string of the molecule is CCS(=O)(=O)N1CCc2nc(NC(=O)/C=C/c3ccco3)sc2C1. The molecule has 1 amide bonds. The van der Waals surface area contributed by atoms with Crippen molar-refractivity contribution in [2.24, 2.45) is 0 Å². The summed E-state index contributed by atoms with van der Waals surface area (Å²) >= 11 is 1.31. The molecule has 1 aliphatic heterocycles. The zero-order valence-electron chi connectivity index (χ0n) is 13.1. The molecule has 128 valence electrons. The van der Waals surface area contributed by atoms with Gasteiger partial charge < -0.3 is 4.42 Å². The highest BCUT2D eigenvalue weighted by molar-refractivity contribution is 7.89. The largest absolute Gasteiger partial charge is 0.465 e. The lowest BCUT2D eigenvalue weighted by atomic mass is 10.2. The van der Waals surface area contributed by atoms with Crippen LogP contribution in [0.15, 0.2) is 28.9 Å². The number of sulfonamides is 1. The molecule has 9 heteroatoms. The van der Waals surface area contributed by atoms with Gasteiger partial charge >= 0.3 is 0 Å². The number of nitrogens with zero attached hydrogens (tertiary/aromatic N) is 2. The molecular formula is C15H17N3O4S2. The maximum atomic E-state index is 12.0. The van der Waals surface area contributed by atoms with E-state index >= 15 is 0 Å². The average molecular weight is 367 g/mol. The van der Waals surface area contributed by atoms with Gasteiger partial charge in [0.2, 0.25) is 15.9 Å². The van der Waals surface area contributed by atoms with Crippen molar-refractivity contribution in [1.82, 2.24) is 9.29 Å². The van der Waals surface area contributed by atoms with Gasteiger partial charge in [-0.2, -0.15) is 4.31 Å². The Morgan fingerprint density at radius 2 is 2.38 bits per heavy atom. The minimum atomic E-state index is -3.21. The number of thiazole rings is 1. The third kappa shape index (κ3) is 3.74. The molecule has 0 atom stereocenters. The summed E-state index contributed by atoms with van der Waals surface area (Å²) in [6.45, 7) is 2.38. The van der Waals surface area contributed by atoms with E-state index in [-0.39, 0.29) is 11.7 Å². The second-order valence-corrected chi connectivity index (χ2v) is 8.55. The molecule has 3 rings (SSSR count). The number of aromatic nitrogens is 1. The normalized spacial score (nSPS) is 15.5. The van der Waals surface area contributed by atoms with Crippen molar-refractivity contribution < 1.29 is 17.6 Å². The zero-order chi connectivity index (χ0) is 17.2. The van der Waals surface area contributed by atoms with Crippen LogP contribution in [0.25, 0.3) is 6.08 Å². The van der Waals surface area contributed by atoms with Crippen LogP contribution in [0.2, 0.25) is 0 Å². The number of nitrogens with one attached hydrogen (secondary N) is 1. The summed E-state index contributed by atoms with van der Waals surface area (Å²) in [6, 6.07) is 3.48. The molecule has 0 spiro atoms. The van der Waals surface area contributed by atoms with Gasteiger partial charge in [-0.25, -0.2) is 13.4 Å². The standard InChI is InChI=1S/C15H17N3O4S2/c1-2-24(20,21)18-8-7-12-13(10-18)23-15(16-12)17-14(19)6-5-11-4-3-9-22-11/h3-6,9H,2,7-8,10H2,1H3,(H,16,17,19)/b6-5+. The van der Waals surface area contributed by atoms with Crippen LogP contribution in [0.4, 0.5) is 5.13 Å². The van der Waals surface area contributed by atoms with E-state index in [9.17, 15) is 13.2 Å². The van der Waals surface area contributed by atoms with Crippen LogP contribution in [0.1, 0.15) is 23.3 Å². The summed E-state index contributed by atoms with van der Waals surface area (Å²) in [5, 5.41) is 3.18. The van der Waals surface area contributed by atoms with Crippen molar-refractivity contribution in [3.63, 3.8) is 0 Å². The molecule has 2 aromatic rings. The summed E-state index contributed by atoms with van der Waals surface area (Å²) in [5.41, 5.74) is 0.855. The Bertz CT molecular complexity index is 853. The Hall–Kier alpha value is -1.97. The fourth-order valence-corrected chi connectivity index (χ4v) is 4.51. The molecule has 0 unspecified atom stereocenters. The molecular weight excluding hydrogens is 350 g/mol. The molecule has 1 aliphatic rings. The van der Waals surface area contributed by atoms with E-state index in [1.54, 1.807) is 25.1 Å². The van der Waals surface area contributed by atoms with Gasteiger partial charge in [0.25, 0.3) is 0 Å². The summed E-state index contributed by atoms with van der Waals surface area (Å²) in [5.74, 6) is 0.363. The quantitative estimate of drug-likeness (QED) is 0.817. The van der Waals surface area contributed by atoms with Crippen LogP contribution in [-0.4, -0.2) is 35.9 Å². The first-order valence-corrected chi connectivity index (χ1v) is 9.89. The number of carbonyl (C=O) groups excluding carboxylic acids is 1. The lowest BCUT2D eigenvalue weighted by Crippen LogP contribution is -2.36. The summed E-state index contributed by atoms with van der Waals surface area (Å²) in [4.78, 5) is 17.2. The first kappa shape index (κ1) is 16.9. The second-order valence-electron chi connectivity index (χ2n) is 5.21. The first-order valence-electron chi connectivity index (χ1n) is 7.47. The molecule has 0 saturated carbocycles. The molecule has 0 fully saturated rings. The number of amides is 1. The molecule has 7 nitrogen and oxygen atoms in total. The molecule has 0 aromatic carbocycles. The summed E-state index contributed by atoms with van der Waals surface area (Å²) in [7, 11) is -3.21. The van der Waals surface area contributed by atoms with Crippen LogP contribution in [0.5, 0.6) is 0 Å². The van der Waals surface area contributed by atoms with Crippen molar-refractivity contribution in [1.29, 1.82) is 0 Å². The molecule has 1 N–H and O–H groups in total. The van der Waals surface area contributed by atoms with E-state index in [2.05, 4.69) is 10.3 Å². The third-order valence-corrected chi connectivity index (χ3v) is 6.45. The Balaban J connectivity index is 1.66. The van der Waals surface area contributed by atoms with Crippen molar-refractivity contribution >= 4 is 38.5 Å². The van der Waals surface area contributed by atoms with Gasteiger partial charge in [0, 0.05) is 30.5 Å². The van der Waals surface area contributed by atoms with Crippen molar-refractivity contribution in [2.45, 2.75) is 19.9 Å². The van der Waals surface area contributed by atoms with Crippen LogP contribution < -0.4 is 5.32 Å². The Morgan fingerprint density at radius 3 is 3.08 bits per heavy atom. The summed E-state index contributed by atoms with van der Waals surface area (Å²) < 4.78 is 30.5. The first-order chi connectivity index (χ1) is 11.5.